The van der Waals surface area contributed by atoms with E-state index in [2.05, 4.69) is 0 Å². The first-order chi connectivity index (χ1) is 11.9. The number of hydrogen-bond acceptors (Lipinski definition) is 4. The van der Waals surface area contributed by atoms with Crippen molar-refractivity contribution in [2.75, 3.05) is 6.54 Å². The van der Waals surface area contributed by atoms with Gasteiger partial charge in [0.05, 0.1) is 0 Å². The summed E-state index contributed by atoms with van der Waals surface area (Å²) in [6.45, 7) is 3.68. The summed E-state index contributed by atoms with van der Waals surface area (Å²) in [6, 6.07) is 9.01. The number of carbonyl (C=O) groups excluding carboxylic acids is 3. The van der Waals surface area contributed by atoms with Crippen LogP contribution in [0.4, 0.5) is 4.39 Å². The number of rotatable bonds is 5. The Bertz CT molecular complexity index is 822. The first kappa shape index (κ1) is 17.1. The SMILES string of the molecule is CC(C)N1CC(C(=O)c2ccc(Cc3ccc(F)cc3)o2)C(=O)C1=O. The fourth-order valence-electron chi connectivity index (χ4n) is 2.88. The number of halogens is 1. The van der Waals surface area contributed by atoms with E-state index in [1.165, 1.54) is 23.1 Å². The van der Waals surface area contributed by atoms with E-state index in [0.29, 0.717) is 12.2 Å². The Morgan fingerprint density at radius 1 is 1.20 bits per heavy atom. The van der Waals surface area contributed by atoms with Crippen LogP contribution in [0.3, 0.4) is 0 Å². The highest BCUT2D eigenvalue weighted by Crippen LogP contribution is 2.23. The molecule has 1 atom stereocenters. The number of ketones is 2. The van der Waals surface area contributed by atoms with Gasteiger partial charge >= 0.3 is 0 Å². The molecule has 6 heteroatoms. The fraction of sp³-hybridized carbons (Fsp3) is 0.316. The van der Waals surface area contributed by atoms with E-state index in [0.717, 1.165) is 5.56 Å². The van der Waals surface area contributed by atoms with Crippen molar-refractivity contribution < 1.29 is 23.2 Å². The van der Waals surface area contributed by atoms with Gasteiger partial charge in [-0.1, -0.05) is 12.1 Å². The number of nitrogens with zero attached hydrogens (tertiary/aromatic N) is 1. The zero-order valence-corrected chi connectivity index (χ0v) is 14.0. The molecular formula is C19H18FNO4. The second-order valence-corrected chi connectivity index (χ2v) is 6.40. The van der Waals surface area contributed by atoms with E-state index in [1.807, 2.05) is 0 Å². The molecule has 0 radical (unpaired) electrons. The van der Waals surface area contributed by atoms with Crippen molar-refractivity contribution in [3.05, 3.63) is 59.3 Å². The van der Waals surface area contributed by atoms with Crippen molar-refractivity contribution in [2.45, 2.75) is 26.3 Å². The van der Waals surface area contributed by atoms with E-state index in [4.69, 9.17) is 4.42 Å². The van der Waals surface area contributed by atoms with Crippen molar-refractivity contribution in [2.24, 2.45) is 5.92 Å². The highest BCUT2D eigenvalue weighted by atomic mass is 19.1. The lowest BCUT2D eigenvalue weighted by molar-refractivity contribution is -0.141. The van der Waals surface area contributed by atoms with Crippen LogP contribution < -0.4 is 0 Å². The Balaban J connectivity index is 1.73. The van der Waals surface area contributed by atoms with Crippen LogP contribution in [0.1, 0.15) is 35.7 Å². The van der Waals surface area contributed by atoms with Crippen molar-refractivity contribution in [3.63, 3.8) is 0 Å². The normalized spacial score (nSPS) is 17.6. The summed E-state index contributed by atoms with van der Waals surface area (Å²) in [5.41, 5.74) is 0.841. The quantitative estimate of drug-likeness (QED) is 0.475. The minimum atomic E-state index is -1.01. The summed E-state index contributed by atoms with van der Waals surface area (Å²) in [5.74, 6) is -2.52. The predicted molar refractivity (Wildman–Crippen MR) is 87.6 cm³/mol. The Labute approximate surface area is 144 Å². The highest BCUT2D eigenvalue weighted by Gasteiger charge is 2.44. The lowest BCUT2D eigenvalue weighted by Gasteiger charge is -2.19. The number of carbonyl (C=O) groups is 3. The summed E-state index contributed by atoms with van der Waals surface area (Å²) in [7, 11) is 0. The van der Waals surface area contributed by atoms with Gasteiger partial charge in [0.25, 0.3) is 5.91 Å². The molecule has 1 aromatic carbocycles. The summed E-state index contributed by atoms with van der Waals surface area (Å²) < 4.78 is 18.5. The third-order valence-electron chi connectivity index (χ3n) is 4.30. The molecule has 0 bridgehead atoms. The molecular weight excluding hydrogens is 325 g/mol. The van der Waals surface area contributed by atoms with Gasteiger partial charge in [0.2, 0.25) is 11.6 Å². The topological polar surface area (TPSA) is 67.6 Å². The van der Waals surface area contributed by atoms with Crippen LogP contribution >= 0.6 is 0 Å². The van der Waals surface area contributed by atoms with Gasteiger partial charge < -0.3 is 9.32 Å². The van der Waals surface area contributed by atoms with Gasteiger partial charge in [-0.15, -0.1) is 0 Å². The second kappa shape index (κ2) is 6.63. The van der Waals surface area contributed by atoms with Crippen LogP contribution in [0.5, 0.6) is 0 Å². The summed E-state index contributed by atoms with van der Waals surface area (Å²) in [6.07, 6.45) is 0.406. The van der Waals surface area contributed by atoms with Gasteiger partial charge in [-0.25, -0.2) is 4.39 Å². The number of hydrogen-bond donors (Lipinski definition) is 0. The Morgan fingerprint density at radius 2 is 1.88 bits per heavy atom. The monoisotopic (exact) mass is 343 g/mol. The summed E-state index contributed by atoms with van der Waals surface area (Å²) >= 11 is 0. The Morgan fingerprint density at radius 3 is 2.48 bits per heavy atom. The molecule has 2 aromatic rings. The molecule has 25 heavy (non-hydrogen) atoms. The van der Waals surface area contributed by atoms with Crippen LogP contribution in [0.25, 0.3) is 0 Å². The lowest BCUT2D eigenvalue weighted by atomic mass is 10.0. The number of likely N-dealkylation sites (tertiary alicyclic amines) is 1. The third-order valence-corrected chi connectivity index (χ3v) is 4.30. The van der Waals surface area contributed by atoms with Crippen molar-refractivity contribution in [3.8, 4) is 0 Å². The Hall–Kier alpha value is -2.76. The van der Waals surface area contributed by atoms with Crippen LogP contribution in [0, 0.1) is 11.7 Å². The molecule has 1 aliphatic heterocycles. The molecule has 130 valence electrons. The molecule has 1 aliphatic rings. The van der Waals surface area contributed by atoms with E-state index in [1.54, 1.807) is 32.0 Å². The molecule has 0 spiro atoms. The smallest absolute Gasteiger partial charge is 0.291 e. The van der Waals surface area contributed by atoms with Gasteiger partial charge in [0.1, 0.15) is 17.5 Å². The number of amides is 1. The predicted octanol–water partition coefficient (Wildman–Crippen LogP) is 2.63. The average Bonchev–Trinajstić information content (AvgIpc) is 3.15. The van der Waals surface area contributed by atoms with Crippen molar-refractivity contribution in [1.29, 1.82) is 0 Å². The minimum absolute atomic E-state index is 0.0638. The molecule has 5 nitrogen and oxygen atoms in total. The lowest BCUT2D eigenvalue weighted by Crippen LogP contribution is -2.33. The molecule has 0 saturated carbocycles. The molecule has 1 unspecified atom stereocenters. The van der Waals surface area contributed by atoms with E-state index < -0.39 is 23.4 Å². The molecule has 3 rings (SSSR count). The highest BCUT2D eigenvalue weighted by molar-refractivity contribution is 6.43. The van der Waals surface area contributed by atoms with Gasteiger partial charge in [0, 0.05) is 19.0 Å². The maximum Gasteiger partial charge on any atom is 0.291 e. The number of Topliss-reactive ketones (excluding diaryl/α,β-unsaturated/α-hetero) is 2. The molecule has 0 aliphatic carbocycles. The number of furan rings is 1. The van der Waals surface area contributed by atoms with Gasteiger partial charge in [-0.2, -0.15) is 0 Å². The largest absolute Gasteiger partial charge is 0.458 e. The van der Waals surface area contributed by atoms with E-state index in [9.17, 15) is 18.8 Å². The van der Waals surface area contributed by atoms with Gasteiger partial charge in [-0.05, 0) is 43.7 Å². The number of benzene rings is 1. The zero-order chi connectivity index (χ0) is 18.1. The third kappa shape index (κ3) is 3.38. The minimum Gasteiger partial charge on any atom is -0.458 e. The van der Waals surface area contributed by atoms with Crippen LogP contribution in [-0.4, -0.2) is 35.0 Å². The van der Waals surface area contributed by atoms with Gasteiger partial charge in [-0.3, -0.25) is 14.4 Å². The molecule has 1 aromatic heterocycles. The van der Waals surface area contributed by atoms with E-state index in [-0.39, 0.29) is 24.2 Å². The summed E-state index contributed by atoms with van der Waals surface area (Å²) in [4.78, 5) is 37.9. The molecule has 1 saturated heterocycles. The summed E-state index contributed by atoms with van der Waals surface area (Å²) in [5, 5.41) is 0. The fourth-order valence-corrected chi connectivity index (χ4v) is 2.88. The van der Waals surface area contributed by atoms with Crippen molar-refractivity contribution >= 4 is 17.5 Å². The first-order valence-electron chi connectivity index (χ1n) is 8.09. The molecule has 0 N–H and O–H groups in total. The second-order valence-electron chi connectivity index (χ2n) is 6.40. The van der Waals surface area contributed by atoms with Crippen LogP contribution in [0.2, 0.25) is 0 Å². The standard InChI is InChI=1S/C19H18FNO4/c1-11(2)21-10-15(18(23)19(21)24)17(22)16-8-7-14(25-16)9-12-3-5-13(20)6-4-12/h3-8,11,15H,9-10H2,1-2H3. The molecule has 1 amide bonds. The van der Waals surface area contributed by atoms with E-state index >= 15 is 0 Å². The zero-order valence-electron chi connectivity index (χ0n) is 14.0. The van der Waals surface area contributed by atoms with Crippen molar-refractivity contribution in [1.82, 2.24) is 4.90 Å². The Kier molecular flexibility index (Phi) is 4.53. The maximum absolute atomic E-state index is 12.9. The van der Waals surface area contributed by atoms with Crippen LogP contribution in [0.15, 0.2) is 40.8 Å². The van der Waals surface area contributed by atoms with Gasteiger partial charge in [0.15, 0.2) is 5.76 Å². The van der Waals surface area contributed by atoms with Crippen LogP contribution in [-0.2, 0) is 16.0 Å². The maximum atomic E-state index is 12.9. The first-order valence-corrected chi connectivity index (χ1v) is 8.09. The molecule has 1 fully saturated rings. The average molecular weight is 343 g/mol. The molecule has 2 heterocycles.